The van der Waals surface area contributed by atoms with Crippen LogP contribution in [-0.4, -0.2) is 54.2 Å². The zero-order valence-electron chi connectivity index (χ0n) is 12.4. The zero-order valence-corrected chi connectivity index (χ0v) is 12.4. The number of hydrogen-bond acceptors (Lipinski definition) is 4. The molecule has 110 valence electrons. The van der Waals surface area contributed by atoms with Gasteiger partial charge in [-0.25, -0.2) is 0 Å². The van der Waals surface area contributed by atoms with Crippen LogP contribution in [0.15, 0.2) is 24.5 Å². The van der Waals surface area contributed by atoms with Crippen LogP contribution in [0.2, 0.25) is 0 Å². The first kappa shape index (κ1) is 14.9. The van der Waals surface area contributed by atoms with Crippen molar-refractivity contribution in [3.63, 3.8) is 0 Å². The van der Waals surface area contributed by atoms with E-state index in [1.54, 1.807) is 19.5 Å². The van der Waals surface area contributed by atoms with Crippen molar-refractivity contribution in [3.05, 3.63) is 30.1 Å². The maximum absolute atomic E-state index is 12.1. The number of nitrogens with one attached hydrogen (secondary N) is 1. The van der Waals surface area contributed by atoms with E-state index in [1.165, 1.54) is 0 Å². The average molecular weight is 277 g/mol. The Morgan fingerprint density at radius 3 is 2.95 bits per heavy atom. The van der Waals surface area contributed by atoms with Crippen LogP contribution in [0.3, 0.4) is 0 Å². The van der Waals surface area contributed by atoms with E-state index >= 15 is 0 Å². The number of rotatable bonds is 5. The molecule has 0 aliphatic carbocycles. The van der Waals surface area contributed by atoms with Crippen LogP contribution in [0.5, 0.6) is 0 Å². The molecule has 0 unspecified atom stereocenters. The Balaban J connectivity index is 1.90. The highest BCUT2D eigenvalue weighted by molar-refractivity contribution is 5.78. The second-order valence-electron chi connectivity index (χ2n) is 5.53. The van der Waals surface area contributed by atoms with Gasteiger partial charge in [0.15, 0.2) is 0 Å². The summed E-state index contributed by atoms with van der Waals surface area (Å²) in [6.07, 6.45) is 3.86. The number of ether oxygens (including phenoxy) is 1. The van der Waals surface area contributed by atoms with E-state index in [-0.39, 0.29) is 18.1 Å². The second-order valence-corrected chi connectivity index (χ2v) is 5.53. The summed E-state index contributed by atoms with van der Waals surface area (Å²) in [4.78, 5) is 18.4. The van der Waals surface area contributed by atoms with Gasteiger partial charge < -0.3 is 10.1 Å². The predicted molar refractivity (Wildman–Crippen MR) is 77.4 cm³/mol. The molecule has 1 amide bonds. The third-order valence-corrected chi connectivity index (χ3v) is 3.76. The molecule has 0 spiro atoms. The highest BCUT2D eigenvalue weighted by Crippen LogP contribution is 2.16. The van der Waals surface area contributed by atoms with E-state index in [0.717, 1.165) is 18.7 Å². The van der Waals surface area contributed by atoms with E-state index in [2.05, 4.69) is 29.0 Å². The van der Waals surface area contributed by atoms with Gasteiger partial charge in [-0.2, -0.15) is 0 Å². The predicted octanol–water partition coefficient (Wildman–Crippen LogP) is 0.848. The molecule has 2 atom stereocenters. The summed E-state index contributed by atoms with van der Waals surface area (Å²) in [7, 11) is 1.70. The van der Waals surface area contributed by atoms with Gasteiger partial charge in [-0.1, -0.05) is 6.07 Å². The maximum atomic E-state index is 12.1. The van der Waals surface area contributed by atoms with Gasteiger partial charge in [-0.3, -0.25) is 14.7 Å². The van der Waals surface area contributed by atoms with Crippen molar-refractivity contribution >= 4 is 5.91 Å². The minimum atomic E-state index is 0.0238. The Hall–Kier alpha value is -1.46. The van der Waals surface area contributed by atoms with Crippen LogP contribution in [0.1, 0.15) is 19.4 Å². The van der Waals surface area contributed by atoms with Crippen molar-refractivity contribution in [2.75, 3.05) is 20.2 Å². The third-order valence-electron chi connectivity index (χ3n) is 3.76. The molecule has 1 aromatic rings. The Morgan fingerprint density at radius 1 is 1.55 bits per heavy atom. The fraction of sp³-hybridized carbons (Fsp3) is 0.600. The number of pyridine rings is 1. The van der Waals surface area contributed by atoms with E-state index in [4.69, 9.17) is 4.74 Å². The van der Waals surface area contributed by atoms with Gasteiger partial charge in [-0.15, -0.1) is 0 Å². The standard InChI is InChI=1S/C15H23N3O2/c1-11(2)18-9-13(14(10-18)20-3)17-15(19)7-12-5-4-6-16-8-12/h4-6,8,11,13-14H,7,9-10H2,1-3H3,(H,17,19)/t13-,14-/m1/s1. The van der Waals surface area contributed by atoms with Crippen LogP contribution >= 0.6 is 0 Å². The highest BCUT2D eigenvalue weighted by atomic mass is 16.5. The third kappa shape index (κ3) is 3.77. The molecular formula is C15H23N3O2. The summed E-state index contributed by atoms with van der Waals surface area (Å²) < 4.78 is 5.49. The van der Waals surface area contributed by atoms with Gasteiger partial charge in [-0.05, 0) is 25.5 Å². The van der Waals surface area contributed by atoms with Crippen LogP contribution in [-0.2, 0) is 16.0 Å². The molecule has 2 heterocycles. The van der Waals surface area contributed by atoms with E-state index in [1.807, 2.05) is 12.1 Å². The molecule has 1 N–H and O–H groups in total. The monoisotopic (exact) mass is 277 g/mol. The molecule has 0 aromatic carbocycles. The number of nitrogens with zero attached hydrogens (tertiary/aromatic N) is 2. The summed E-state index contributed by atoms with van der Waals surface area (Å²) in [5.41, 5.74) is 0.928. The Labute approximate surface area is 120 Å². The van der Waals surface area contributed by atoms with Gasteiger partial charge >= 0.3 is 0 Å². The fourth-order valence-corrected chi connectivity index (χ4v) is 2.55. The van der Waals surface area contributed by atoms with Gasteiger partial charge in [0.25, 0.3) is 0 Å². The smallest absolute Gasteiger partial charge is 0.224 e. The van der Waals surface area contributed by atoms with Gasteiger partial charge in [0, 0.05) is 38.6 Å². The topological polar surface area (TPSA) is 54.5 Å². The second kappa shape index (κ2) is 6.81. The molecule has 5 nitrogen and oxygen atoms in total. The number of carbonyl (C=O) groups excluding carboxylic acids is 1. The lowest BCUT2D eigenvalue weighted by atomic mass is 10.1. The van der Waals surface area contributed by atoms with Crippen molar-refractivity contribution in [3.8, 4) is 0 Å². The molecule has 2 rings (SSSR count). The van der Waals surface area contributed by atoms with Gasteiger partial charge in [0.05, 0.1) is 18.6 Å². The zero-order chi connectivity index (χ0) is 14.5. The lowest BCUT2D eigenvalue weighted by Crippen LogP contribution is -2.44. The summed E-state index contributed by atoms with van der Waals surface area (Å²) >= 11 is 0. The highest BCUT2D eigenvalue weighted by Gasteiger charge is 2.34. The number of likely N-dealkylation sites (tertiary alicyclic amines) is 1. The van der Waals surface area contributed by atoms with E-state index in [0.29, 0.717) is 12.5 Å². The molecule has 1 aliphatic heterocycles. The number of carbonyl (C=O) groups is 1. The minimum Gasteiger partial charge on any atom is -0.378 e. The molecule has 20 heavy (non-hydrogen) atoms. The van der Waals surface area contributed by atoms with E-state index < -0.39 is 0 Å². The number of aromatic nitrogens is 1. The van der Waals surface area contributed by atoms with Crippen LogP contribution in [0.25, 0.3) is 0 Å². The van der Waals surface area contributed by atoms with Crippen LogP contribution < -0.4 is 5.32 Å². The molecular weight excluding hydrogens is 254 g/mol. The van der Waals surface area contributed by atoms with Crippen molar-refractivity contribution in [2.45, 2.75) is 38.5 Å². The fourth-order valence-electron chi connectivity index (χ4n) is 2.55. The summed E-state index contributed by atoms with van der Waals surface area (Å²) in [6.45, 7) is 6.03. The first-order chi connectivity index (χ1) is 9.60. The largest absolute Gasteiger partial charge is 0.378 e. The van der Waals surface area contributed by atoms with Crippen LogP contribution in [0, 0.1) is 0 Å². The molecule has 0 saturated carbocycles. The summed E-state index contributed by atoms with van der Waals surface area (Å²) in [6, 6.07) is 4.28. The first-order valence-electron chi connectivity index (χ1n) is 7.05. The molecule has 1 aromatic heterocycles. The lowest BCUT2D eigenvalue weighted by molar-refractivity contribution is -0.121. The Kier molecular flexibility index (Phi) is 5.09. The molecule has 0 bridgehead atoms. The van der Waals surface area contributed by atoms with E-state index in [9.17, 15) is 4.79 Å². The molecule has 1 saturated heterocycles. The Morgan fingerprint density at radius 2 is 2.35 bits per heavy atom. The Bertz CT molecular complexity index is 436. The van der Waals surface area contributed by atoms with Crippen molar-refractivity contribution in [1.82, 2.24) is 15.2 Å². The first-order valence-corrected chi connectivity index (χ1v) is 7.05. The summed E-state index contributed by atoms with van der Waals surface area (Å²) in [5, 5.41) is 3.08. The SMILES string of the molecule is CO[C@@H]1CN(C(C)C)C[C@H]1NC(=O)Cc1cccnc1. The van der Waals surface area contributed by atoms with Crippen LogP contribution in [0.4, 0.5) is 0 Å². The van der Waals surface area contributed by atoms with Crippen molar-refractivity contribution < 1.29 is 9.53 Å². The minimum absolute atomic E-state index is 0.0238. The maximum Gasteiger partial charge on any atom is 0.224 e. The van der Waals surface area contributed by atoms with Crippen molar-refractivity contribution in [1.29, 1.82) is 0 Å². The van der Waals surface area contributed by atoms with Gasteiger partial charge in [0.1, 0.15) is 0 Å². The molecule has 0 radical (unpaired) electrons. The lowest BCUT2D eigenvalue weighted by Gasteiger charge is -2.20. The normalized spacial score (nSPS) is 23.2. The number of amides is 1. The quantitative estimate of drug-likeness (QED) is 0.867. The van der Waals surface area contributed by atoms with Crippen molar-refractivity contribution in [2.24, 2.45) is 0 Å². The average Bonchev–Trinajstić information content (AvgIpc) is 2.83. The number of hydrogen-bond donors (Lipinski definition) is 1. The number of methoxy groups -OCH3 is 1. The molecule has 1 fully saturated rings. The molecule has 1 aliphatic rings. The molecule has 5 heteroatoms. The summed E-state index contributed by atoms with van der Waals surface area (Å²) in [5.74, 6) is 0.0238. The van der Waals surface area contributed by atoms with Gasteiger partial charge in [0.2, 0.25) is 5.91 Å².